The van der Waals surface area contributed by atoms with Crippen LogP contribution in [0.1, 0.15) is 19.0 Å². The van der Waals surface area contributed by atoms with Crippen molar-refractivity contribution >= 4 is 15.9 Å². The topological polar surface area (TPSA) is 28.2 Å². The smallest absolute Gasteiger partial charge is 0.0544 e. The standard InChI is InChI=1S/C13H20BrN3/c1-13(9-15-2)5-6-17(10-13)8-12-4-3-11(14)7-16-12/h3-4,7,15H,5-6,8-10H2,1-2H3. The maximum absolute atomic E-state index is 4.43. The molecule has 94 valence electrons. The van der Waals surface area contributed by atoms with Crippen LogP contribution in [0.15, 0.2) is 22.8 Å². The Morgan fingerprint density at radius 1 is 1.53 bits per heavy atom. The number of rotatable bonds is 4. The summed E-state index contributed by atoms with van der Waals surface area (Å²) >= 11 is 3.41. The van der Waals surface area contributed by atoms with Gasteiger partial charge < -0.3 is 5.32 Å². The van der Waals surface area contributed by atoms with Crippen molar-refractivity contribution in [3.8, 4) is 0 Å². The van der Waals surface area contributed by atoms with E-state index in [9.17, 15) is 0 Å². The lowest BCUT2D eigenvalue weighted by Crippen LogP contribution is -2.33. The van der Waals surface area contributed by atoms with Crippen molar-refractivity contribution in [3.05, 3.63) is 28.5 Å². The first-order chi connectivity index (χ1) is 8.11. The van der Waals surface area contributed by atoms with Gasteiger partial charge in [-0.25, -0.2) is 0 Å². The summed E-state index contributed by atoms with van der Waals surface area (Å²) < 4.78 is 1.04. The number of hydrogen-bond donors (Lipinski definition) is 1. The van der Waals surface area contributed by atoms with E-state index in [-0.39, 0.29) is 0 Å². The second-order valence-electron chi connectivity index (χ2n) is 5.27. The number of aromatic nitrogens is 1. The van der Waals surface area contributed by atoms with Crippen LogP contribution in [-0.2, 0) is 6.54 Å². The summed E-state index contributed by atoms with van der Waals surface area (Å²) in [5.41, 5.74) is 1.58. The van der Waals surface area contributed by atoms with Crippen LogP contribution in [0.2, 0.25) is 0 Å². The first-order valence-corrected chi connectivity index (χ1v) is 6.88. The number of pyridine rings is 1. The highest BCUT2D eigenvalue weighted by Gasteiger charge is 2.32. The minimum Gasteiger partial charge on any atom is -0.319 e. The molecule has 3 nitrogen and oxygen atoms in total. The summed E-state index contributed by atoms with van der Waals surface area (Å²) in [6, 6.07) is 4.16. The molecule has 0 bridgehead atoms. The van der Waals surface area contributed by atoms with Gasteiger partial charge in [0.05, 0.1) is 5.69 Å². The molecule has 1 saturated heterocycles. The SMILES string of the molecule is CNCC1(C)CCN(Cc2ccc(Br)cn2)C1. The molecular weight excluding hydrogens is 278 g/mol. The predicted octanol–water partition coefficient (Wildman–Crippen LogP) is 2.28. The number of hydrogen-bond acceptors (Lipinski definition) is 3. The Labute approximate surface area is 112 Å². The fourth-order valence-corrected chi connectivity index (χ4v) is 2.80. The number of nitrogens with one attached hydrogen (secondary N) is 1. The second-order valence-corrected chi connectivity index (χ2v) is 6.19. The summed E-state index contributed by atoms with van der Waals surface area (Å²) in [6.07, 6.45) is 3.14. The van der Waals surface area contributed by atoms with Gasteiger partial charge in [0.25, 0.3) is 0 Å². The molecule has 1 aromatic rings. The van der Waals surface area contributed by atoms with Gasteiger partial charge in [-0.2, -0.15) is 0 Å². The Bertz CT molecular complexity index is 365. The van der Waals surface area contributed by atoms with Crippen LogP contribution in [0, 0.1) is 5.41 Å². The average molecular weight is 298 g/mol. The van der Waals surface area contributed by atoms with Crippen LogP contribution < -0.4 is 5.32 Å². The summed E-state index contributed by atoms with van der Waals surface area (Å²) in [5, 5.41) is 3.29. The van der Waals surface area contributed by atoms with E-state index in [1.165, 1.54) is 13.0 Å². The molecule has 4 heteroatoms. The van der Waals surface area contributed by atoms with Gasteiger partial charge in [0, 0.05) is 30.3 Å². The monoisotopic (exact) mass is 297 g/mol. The van der Waals surface area contributed by atoms with Crippen molar-refractivity contribution in [3.63, 3.8) is 0 Å². The molecule has 1 aromatic heterocycles. The predicted molar refractivity (Wildman–Crippen MR) is 73.9 cm³/mol. The molecular formula is C13H20BrN3. The van der Waals surface area contributed by atoms with E-state index in [1.807, 2.05) is 13.2 Å². The normalized spacial score (nSPS) is 25.4. The van der Waals surface area contributed by atoms with Crippen LogP contribution in [0.4, 0.5) is 0 Å². The molecule has 0 saturated carbocycles. The molecule has 0 aliphatic carbocycles. The zero-order valence-electron chi connectivity index (χ0n) is 10.5. The summed E-state index contributed by atoms with van der Waals surface area (Å²) in [5.74, 6) is 0. The molecule has 1 N–H and O–H groups in total. The molecule has 0 aromatic carbocycles. The number of likely N-dealkylation sites (tertiary alicyclic amines) is 1. The van der Waals surface area contributed by atoms with Crippen molar-refractivity contribution in [1.82, 2.24) is 15.2 Å². The van der Waals surface area contributed by atoms with E-state index in [2.05, 4.69) is 50.2 Å². The third-order valence-corrected chi connectivity index (χ3v) is 3.88. The first kappa shape index (κ1) is 13.0. The minimum atomic E-state index is 0.421. The molecule has 1 unspecified atom stereocenters. The third kappa shape index (κ3) is 3.50. The Hall–Kier alpha value is -0.450. The number of halogens is 1. The van der Waals surface area contributed by atoms with Crippen LogP contribution in [0.5, 0.6) is 0 Å². The second kappa shape index (κ2) is 5.46. The fraction of sp³-hybridized carbons (Fsp3) is 0.615. The molecule has 1 atom stereocenters. The summed E-state index contributed by atoms with van der Waals surface area (Å²) in [6.45, 7) is 6.75. The summed E-state index contributed by atoms with van der Waals surface area (Å²) in [4.78, 5) is 6.92. The van der Waals surface area contributed by atoms with E-state index in [4.69, 9.17) is 0 Å². The van der Waals surface area contributed by atoms with Crippen LogP contribution in [0.3, 0.4) is 0 Å². The Balaban J connectivity index is 1.91. The van der Waals surface area contributed by atoms with Gasteiger partial charge >= 0.3 is 0 Å². The zero-order valence-corrected chi connectivity index (χ0v) is 12.1. The van der Waals surface area contributed by atoms with Crippen molar-refractivity contribution in [2.45, 2.75) is 19.9 Å². The maximum Gasteiger partial charge on any atom is 0.0544 e. The lowest BCUT2D eigenvalue weighted by molar-refractivity contribution is 0.263. The Kier molecular flexibility index (Phi) is 4.17. The van der Waals surface area contributed by atoms with Crippen molar-refractivity contribution < 1.29 is 0 Å². The van der Waals surface area contributed by atoms with Gasteiger partial charge in [-0.1, -0.05) is 6.92 Å². The molecule has 2 heterocycles. The van der Waals surface area contributed by atoms with Gasteiger partial charge in [-0.3, -0.25) is 9.88 Å². The van der Waals surface area contributed by atoms with E-state index >= 15 is 0 Å². The van der Waals surface area contributed by atoms with Crippen molar-refractivity contribution in [2.24, 2.45) is 5.41 Å². The average Bonchev–Trinajstić information content (AvgIpc) is 2.64. The van der Waals surface area contributed by atoms with E-state index < -0.39 is 0 Å². The van der Waals surface area contributed by atoms with E-state index in [0.29, 0.717) is 5.41 Å². The molecule has 0 spiro atoms. The molecule has 17 heavy (non-hydrogen) atoms. The largest absolute Gasteiger partial charge is 0.319 e. The summed E-state index contributed by atoms with van der Waals surface area (Å²) in [7, 11) is 2.03. The van der Waals surface area contributed by atoms with Crippen molar-refractivity contribution in [1.29, 1.82) is 0 Å². The highest BCUT2D eigenvalue weighted by atomic mass is 79.9. The highest BCUT2D eigenvalue weighted by Crippen LogP contribution is 2.29. The Morgan fingerprint density at radius 2 is 2.35 bits per heavy atom. The highest BCUT2D eigenvalue weighted by molar-refractivity contribution is 9.10. The van der Waals surface area contributed by atoms with Crippen LogP contribution >= 0.6 is 15.9 Å². The lowest BCUT2D eigenvalue weighted by atomic mass is 9.90. The van der Waals surface area contributed by atoms with Crippen LogP contribution in [-0.4, -0.2) is 36.6 Å². The molecule has 0 radical (unpaired) electrons. The molecule has 2 rings (SSSR count). The number of nitrogens with zero attached hydrogens (tertiary/aromatic N) is 2. The lowest BCUT2D eigenvalue weighted by Gasteiger charge is -2.24. The molecule has 1 fully saturated rings. The van der Waals surface area contributed by atoms with Gasteiger partial charge in [0.2, 0.25) is 0 Å². The molecule has 1 aliphatic rings. The van der Waals surface area contributed by atoms with Gasteiger partial charge in [-0.05, 0) is 53.5 Å². The molecule has 1 aliphatic heterocycles. The van der Waals surface area contributed by atoms with Gasteiger partial charge in [0.15, 0.2) is 0 Å². The quantitative estimate of drug-likeness (QED) is 0.924. The van der Waals surface area contributed by atoms with E-state index in [0.717, 1.165) is 29.8 Å². The van der Waals surface area contributed by atoms with Gasteiger partial charge in [-0.15, -0.1) is 0 Å². The minimum absolute atomic E-state index is 0.421. The van der Waals surface area contributed by atoms with Crippen molar-refractivity contribution in [2.75, 3.05) is 26.7 Å². The maximum atomic E-state index is 4.43. The third-order valence-electron chi connectivity index (χ3n) is 3.41. The Morgan fingerprint density at radius 3 is 3.00 bits per heavy atom. The first-order valence-electron chi connectivity index (χ1n) is 6.09. The van der Waals surface area contributed by atoms with Gasteiger partial charge in [0.1, 0.15) is 0 Å². The zero-order chi connectivity index (χ0) is 12.3. The fourth-order valence-electron chi connectivity index (χ4n) is 2.56. The van der Waals surface area contributed by atoms with Crippen LogP contribution in [0.25, 0.3) is 0 Å². The molecule has 0 amide bonds. The van der Waals surface area contributed by atoms with E-state index in [1.54, 1.807) is 0 Å².